The third-order valence-corrected chi connectivity index (χ3v) is 1.95. The summed E-state index contributed by atoms with van der Waals surface area (Å²) in [5, 5.41) is 18.3. The Morgan fingerprint density at radius 3 is 2.43 bits per heavy atom. The summed E-state index contributed by atoms with van der Waals surface area (Å²) in [4.78, 5) is 26.1. The van der Waals surface area contributed by atoms with E-state index in [0.29, 0.717) is 5.69 Å². The lowest BCUT2D eigenvalue weighted by Crippen LogP contribution is -2.27. The van der Waals surface area contributed by atoms with Gasteiger partial charge in [0.15, 0.2) is 0 Å². The van der Waals surface area contributed by atoms with Crippen molar-refractivity contribution in [3.8, 4) is 0 Å². The Morgan fingerprint density at radius 2 is 2.07 bits per heavy atom. The van der Waals surface area contributed by atoms with E-state index in [2.05, 4.69) is 9.97 Å². The van der Waals surface area contributed by atoms with Gasteiger partial charge in [-0.2, -0.15) is 0 Å². The van der Waals surface area contributed by atoms with Crippen molar-refractivity contribution in [1.29, 1.82) is 0 Å². The Balaban J connectivity index is 3.08. The highest BCUT2D eigenvalue weighted by atomic mass is 16.4. The minimum Gasteiger partial charge on any atom is -0.481 e. The number of aromatic amines is 2. The van der Waals surface area contributed by atoms with Crippen molar-refractivity contribution in [2.45, 2.75) is 25.9 Å². The molecule has 0 radical (unpaired) electrons. The van der Waals surface area contributed by atoms with Gasteiger partial charge in [-0.05, 0) is 13.8 Å². The number of aromatic nitrogens is 2. The fraction of sp³-hybridized carbons (Fsp3) is 0.500. The van der Waals surface area contributed by atoms with E-state index in [-0.39, 0.29) is 5.69 Å². The minimum atomic E-state index is -1.56. The van der Waals surface area contributed by atoms with E-state index in [0.717, 1.165) is 0 Å². The first-order valence-corrected chi connectivity index (χ1v) is 4.06. The first-order chi connectivity index (χ1) is 6.33. The van der Waals surface area contributed by atoms with Crippen molar-refractivity contribution in [3.63, 3.8) is 0 Å². The predicted molar refractivity (Wildman–Crippen MR) is 48.0 cm³/mol. The van der Waals surface area contributed by atoms with E-state index in [1.807, 2.05) is 0 Å². The Labute approximate surface area is 79.6 Å². The molecule has 6 heteroatoms. The highest BCUT2D eigenvalue weighted by molar-refractivity contribution is 5.68. The zero-order chi connectivity index (χ0) is 10.9. The zero-order valence-electron chi connectivity index (χ0n) is 7.92. The van der Waals surface area contributed by atoms with Gasteiger partial charge < -0.3 is 20.2 Å². The van der Waals surface area contributed by atoms with Crippen molar-refractivity contribution in [3.05, 3.63) is 21.9 Å². The summed E-state index contributed by atoms with van der Waals surface area (Å²) in [5.41, 5.74) is -1.36. The van der Waals surface area contributed by atoms with E-state index in [9.17, 15) is 14.7 Å². The lowest BCUT2D eigenvalue weighted by molar-refractivity contribution is -0.142. The summed E-state index contributed by atoms with van der Waals surface area (Å²) in [6, 6.07) is 0. The van der Waals surface area contributed by atoms with Crippen molar-refractivity contribution < 1.29 is 15.0 Å². The van der Waals surface area contributed by atoms with Crippen LogP contribution < -0.4 is 5.69 Å². The Kier molecular flexibility index (Phi) is 2.48. The van der Waals surface area contributed by atoms with Crippen LogP contribution in [-0.2, 0) is 10.4 Å². The van der Waals surface area contributed by atoms with Gasteiger partial charge in [0.1, 0.15) is 5.60 Å². The third-order valence-electron chi connectivity index (χ3n) is 1.95. The lowest BCUT2D eigenvalue weighted by atomic mass is 9.97. The molecule has 0 spiro atoms. The van der Waals surface area contributed by atoms with E-state index in [1.165, 1.54) is 6.92 Å². The van der Waals surface area contributed by atoms with E-state index < -0.39 is 23.7 Å². The quantitative estimate of drug-likeness (QED) is 0.537. The standard InChI is InChI=1S/C8H12N2O4/c1-4-6(10-7(13)9-4)8(2,14)3-5(11)12/h14H,3H2,1-2H3,(H,11,12)(H2,9,10,13). The van der Waals surface area contributed by atoms with Gasteiger partial charge in [-0.15, -0.1) is 0 Å². The molecule has 0 aliphatic heterocycles. The topological polar surface area (TPSA) is 106 Å². The molecular formula is C8H12N2O4. The van der Waals surface area contributed by atoms with Crippen LogP contribution in [0.5, 0.6) is 0 Å². The summed E-state index contributed by atoms with van der Waals surface area (Å²) < 4.78 is 0. The van der Waals surface area contributed by atoms with E-state index in [4.69, 9.17) is 5.11 Å². The molecule has 1 heterocycles. The second-order valence-electron chi connectivity index (χ2n) is 3.42. The summed E-state index contributed by atoms with van der Waals surface area (Å²) in [7, 11) is 0. The van der Waals surface area contributed by atoms with Gasteiger partial charge in [0.05, 0.1) is 12.1 Å². The fourth-order valence-electron chi connectivity index (χ4n) is 1.39. The maximum Gasteiger partial charge on any atom is 0.323 e. The molecule has 1 unspecified atom stereocenters. The molecular weight excluding hydrogens is 188 g/mol. The molecule has 6 nitrogen and oxygen atoms in total. The lowest BCUT2D eigenvalue weighted by Gasteiger charge is -2.19. The van der Waals surface area contributed by atoms with Crippen molar-refractivity contribution >= 4 is 5.97 Å². The van der Waals surface area contributed by atoms with Gasteiger partial charge in [0.25, 0.3) is 0 Å². The Bertz CT molecular complexity index is 402. The van der Waals surface area contributed by atoms with Crippen LogP contribution in [0.15, 0.2) is 4.79 Å². The average Bonchev–Trinajstić information content (AvgIpc) is 2.27. The van der Waals surface area contributed by atoms with Gasteiger partial charge in [0.2, 0.25) is 0 Å². The number of H-pyrrole nitrogens is 2. The van der Waals surface area contributed by atoms with Crippen molar-refractivity contribution in [2.24, 2.45) is 0 Å². The molecule has 0 aliphatic rings. The highest BCUT2D eigenvalue weighted by Gasteiger charge is 2.30. The van der Waals surface area contributed by atoms with Crippen LogP contribution in [0.25, 0.3) is 0 Å². The first-order valence-electron chi connectivity index (χ1n) is 4.06. The third kappa shape index (κ3) is 2.02. The van der Waals surface area contributed by atoms with E-state index >= 15 is 0 Å². The molecule has 1 aromatic heterocycles. The predicted octanol–water partition coefficient (Wildman–Crippen LogP) is -0.306. The summed E-state index contributed by atoms with van der Waals surface area (Å²) in [6.07, 6.45) is -0.457. The number of carboxylic acid groups (broad SMARTS) is 1. The smallest absolute Gasteiger partial charge is 0.323 e. The van der Waals surface area contributed by atoms with Crippen LogP contribution >= 0.6 is 0 Å². The number of rotatable bonds is 3. The number of carbonyl (C=O) groups is 1. The number of aryl methyl sites for hydroxylation is 1. The zero-order valence-corrected chi connectivity index (χ0v) is 7.92. The van der Waals surface area contributed by atoms with Crippen LogP contribution in [0.3, 0.4) is 0 Å². The molecule has 0 saturated carbocycles. The number of imidazole rings is 1. The Hall–Kier alpha value is -1.56. The molecule has 0 fully saturated rings. The number of aliphatic carboxylic acids is 1. The number of hydrogen-bond donors (Lipinski definition) is 4. The number of hydrogen-bond acceptors (Lipinski definition) is 3. The molecule has 1 aromatic rings. The summed E-state index contributed by atoms with van der Waals surface area (Å²) in [5.74, 6) is -1.13. The largest absolute Gasteiger partial charge is 0.481 e. The molecule has 14 heavy (non-hydrogen) atoms. The maximum absolute atomic E-state index is 10.9. The molecule has 0 aromatic carbocycles. The van der Waals surface area contributed by atoms with E-state index in [1.54, 1.807) is 6.92 Å². The first kappa shape index (κ1) is 10.5. The van der Waals surface area contributed by atoms with Gasteiger partial charge in [-0.1, -0.05) is 0 Å². The fourth-order valence-corrected chi connectivity index (χ4v) is 1.39. The van der Waals surface area contributed by atoms with Crippen LogP contribution in [0.4, 0.5) is 0 Å². The molecule has 1 rings (SSSR count). The second kappa shape index (κ2) is 3.30. The van der Waals surface area contributed by atoms with Crippen LogP contribution in [0, 0.1) is 6.92 Å². The second-order valence-corrected chi connectivity index (χ2v) is 3.42. The molecule has 0 aliphatic carbocycles. The van der Waals surface area contributed by atoms with Gasteiger partial charge in [0, 0.05) is 5.69 Å². The number of nitrogens with one attached hydrogen (secondary N) is 2. The number of aliphatic hydroxyl groups is 1. The molecule has 4 N–H and O–H groups in total. The van der Waals surface area contributed by atoms with Crippen LogP contribution in [0.2, 0.25) is 0 Å². The van der Waals surface area contributed by atoms with Crippen molar-refractivity contribution in [2.75, 3.05) is 0 Å². The highest BCUT2D eigenvalue weighted by Crippen LogP contribution is 2.23. The molecule has 1 atom stereocenters. The molecule has 78 valence electrons. The van der Waals surface area contributed by atoms with Gasteiger partial charge in [-0.3, -0.25) is 4.79 Å². The Morgan fingerprint density at radius 1 is 1.50 bits per heavy atom. The van der Waals surface area contributed by atoms with Crippen LogP contribution in [0.1, 0.15) is 24.7 Å². The normalized spacial score (nSPS) is 15.1. The minimum absolute atomic E-state index is 0.213. The average molecular weight is 200 g/mol. The van der Waals surface area contributed by atoms with Crippen LogP contribution in [-0.4, -0.2) is 26.2 Å². The molecule has 0 saturated heterocycles. The summed E-state index contributed by atoms with van der Waals surface area (Å²) in [6.45, 7) is 2.93. The van der Waals surface area contributed by atoms with Gasteiger partial charge in [-0.25, -0.2) is 4.79 Å². The monoisotopic (exact) mass is 200 g/mol. The van der Waals surface area contributed by atoms with Crippen molar-refractivity contribution in [1.82, 2.24) is 9.97 Å². The molecule has 0 bridgehead atoms. The molecule has 0 amide bonds. The maximum atomic E-state index is 10.9. The van der Waals surface area contributed by atoms with Gasteiger partial charge >= 0.3 is 11.7 Å². The number of carboxylic acids is 1. The summed E-state index contributed by atoms with van der Waals surface area (Å²) >= 11 is 0. The SMILES string of the molecule is Cc1[nH]c(=O)[nH]c1C(C)(O)CC(=O)O.